The molecular formula is C28H34N4O3. The number of amides is 1. The van der Waals surface area contributed by atoms with Gasteiger partial charge in [-0.3, -0.25) is 9.69 Å². The Hall–Kier alpha value is -3.16. The zero-order chi connectivity index (χ0) is 24.0. The third-order valence-corrected chi connectivity index (χ3v) is 6.99. The van der Waals surface area contributed by atoms with E-state index in [4.69, 9.17) is 9.47 Å². The SMILES string of the molecule is CN1Cc2nc(C(=O)NCCc3cccc(OCC4CCOCC4)c3)cn2CC1c1ccccc1. The molecule has 2 aliphatic rings. The number of nitrogens with zero attached hydrogens (tertiary/aromatic N) is 3. The van der Waals surface area contributed by atoms with E-state index in [0.717, 1.165) is 62.8 Å². The number of hydrogen-bond donors (Lipinski definition) is 1. The van der Waals surface area contributed by atoms with Gasteiger partial charge in [0.2, 0.25) is 0 Å². The van der Waals surface area contributed by atoms with Crippen LogP contribution in [0.5, 0.6) is 5.75 Å². The van der Waals surface area contributed by atoms with Crippen LogP contribution >= 0.6 is 0 Å². The Morgan fingerprint density at radius 3 is 2.80 bits per heavy atom. The Kier molecular flexibility index (Phi) is 7.45. The topological polar surface area (TPSA) is 68.6 Å². The smallest absolute Gasteiger partial charge is 0.271 e. The number of imidazole rings is 1. The van der Waals surface area contributed by atoms with Crippen LogP contribution in [0.4, 0.5) is 0 Å². The minimum Gasteiger partial charge on any atom is -0.493 e. The Labute approximate surface area is 207 Å². The number of carbonyl (C=O) groups is 1. The summed E-state index contributed by atoms with van der Waals surface area (Å²) in [6.45, 7) is 4.45. The molecular weight excluding hydrogens is 440 g/mol. The zero-order valence-corrected chi connectivity index (χ0v) is 20.4. The Morgan fingerprint density at radius 2 is 1.97 bits per heavy atom. The molecule has 0 radical (unpaired) electrons. The predicted octanol–water partition coefficient (Wildman–Crippen LogP) is 3.85. The monoisotopic (exact) mass is 474 g/mol. The Bertz CT molecular complexity index is 1120. The summed E-state index contributed by atoms with van der Waals surface area (Å²) < 4.78 is 13.6. The third-order valence-electron chi connectivity index (χ3n) is 6.99. The van der Waals surface area contributed by atoms with E-state index < -0.39 is 0 Å². The first-order valence-corrected chi connectivity index (χ1v) is 12.5. The van der Waals surface area contributed by atoms with Crippen LogP contribution in [-0.4, -0.2) is 53.8 Å². The van der Waals surface area contributed by atoms with E-state index in [1.54, 1.807) is 0 Å². The molecule has 7 heteroatoms. The Morgan fingerprint density at radius 1 is 1.14 bits per heavy atom. The predicted molar refractivity (Wildman–Crippen MR) is 134 cm³/mol. The Balaban J connectivity index is 1.13. The molecule has 0 spiro atoms. The van der Waals surface area contributed by atoms with E-state index in [0.29, 0.717) is 24.7 Å². The van der Waals surface area contributed by atoms with E-state index in [9.17, 15) is 4.79 Å². The number of nitrogens with one attached hydrogen (secondary N) is 1. The van der Waals surface area contributed by atoms with Crippen molar-refractivity contribution in [1.82, 2.24) is 19.8 Å². The summed E-state index contributed by atoms with van der Waals surface area (Å²) in [4.78, 5) is 19.7. The van der Waals surface area contributed by atoms with Gasteiger partial charge >= 0.3 is 0 Å². The van der Waals surface area contributed by atoms with Crippen molar-refractivity contribution in [3.63, 3.8) is 0 Å². The second-order valence-electron chi connectivity index (χ2n) is 9.56. The lowest BCUT2D eigenvalue weighted by molar-refractivity contribution is 0.0497. The molecule has 1 unspecified atom stereocenters. The van der Waals surface area contributed by atoms with Gasteiger partial charge in [-0.25, -0.2) is 4.98 Å². The van der Waals surface area contributed by atoms with Crippen LogP contribution in [0.25, 0.3) is 0 Å². The van der Waals surface area contributed by atoms with Crippen molar-refractivity contribution >= 4 is 5.91 Å². The van der Waals surface area contributed by atoms with Crippen LogP contribution in [-0.2, 0) is 24.2 Å². The second-order valence-corrected chi connectivity index (χ2v) is 9.56. The highest BCUT2D eigenvalue weighted by atomic mass is 16.5. The number of benzene rings is 2. The van der Waals surface area contributed by atoms with Crippen molar-refractivity contribution in [2.45, 2.75) is 38.4 Å². The number of ether oxygens (including phenoxy) is 2. The maximum Gasteiger partial charge on any atom is 0.271 e. The van der Waals surface area contributed by atoms with Crippen molar-refractivity contribution in [1.29, 1.82) is 0 Å². The van der Waals surface area contributed by atoms with Gasteiger partial charge in [0.15, 0.2) is 0 Å². The van der Waals surface area contributed by atoms with Crippen LogP contribution in [0.3, 0.4) is 0 Å². The molecule has 3 aromatic rings. The van der Waals surface area contributed by atoms with E-state index in [-0.39, 0.29) is 11.9 Å². The molecule has 1 aromatic heterocycles. The highest BCUT2D eigenvalue weighted by Gasteiger charge is 2.27. The van der Waals surface area contributed by atoms with Crippen LogP contribution < -0.4 is 10.1 Å². The third kappa shape index (κ3) is 5.92. The minimum atomic E-state index is -0.127. The number of likely N-dealkylation sites (N-methyl/N-ethyl adjacent to an activating group) is 1. The summed E-state index contributed by atoms with van der Waals surface area (Å²) in [6.07, 6.45) is 4.75. The first-order chi connectivity index (χ1) is 17.2. The summed E-state index contributed by atoms with van der Waals surface area (Å²) in [5.41, 5.74) is 2.90. The highest BCUT2D eigenvalue weighted by molar-refractivity contribution is 5.92. The molecule has 1 fully saturated rings. The molecule has 5 rings (SSSR count). The maximum absolute atomic E-state index is 12.8. The van der Waals surface area contributed by atoms with Gasteiger partial charge in [-0.1, -0.05) is 42.5 Å². The van der Waals surface area contributed by atoms with E-state index >= 15 is 0 Å². The first kappa shape index (κ1) is 23.6. The molecule has 184 valence electrons. The van der Waals surface area contributed by atoms with Gasteiger partial charge in [0.1, 0.15) is 17.3 Å². The normalized spacial score (nSPS) is 18.7. The molecule has 3 heterocycles. The number of aromatic nitrogens is 2. The van der Waals surface area contributed by atoms with Gasteiger partial charge in [-0.05, 0) is 55.5 Å². The lowest BCUT2D eigenvalue weighted by Gasteiger charge is -2.33. The first-order valence-electron chi connectivity index (χ1n) is 12.5. The van der Waals surface area contributed by atoms with Gasteiger partial charge in [0.05, 0.1) is 19.2 Å². The molecule has 7 nitrogen and oxygen atoms in total. The van der Waals surface area contributed by atoms with Crippen molar-refractivity contribution in [3.05, 3.63) is 83.4 Å². The molecule has 1 amide bonds. The van der Waals surface area contributed by atoms with Gasteiger partial charge in [0.25, 0.3) is 5.91 Å². The number of rotatable bonds is 8. The summed E-state index contributed by atoms with van der Waals surface area (Å²) in [5.74, 6) is 2.26. The lowest BCUT2D eigenvalue weighted by atomic mass is 10.0. The molecule has 1 atom stereocenters. The van der Waals surface area contributed by atoms with Gasteiger partial charge in [0, 0.05) is 32.5 Å². The van der Waals surface area contributed by atoms with Crippen LogP contribution in [0.1, 0.15) is 46.3 Å². The molecule has 2 aromatic carbocycles. The summed E-state index contributed by atoms with van der Waals surface area (Å²) in [6, 6.07) is 18.9. The van der Waals surface area contributed by atoms with E-state index in [1.165, 1.54) is 5.56 Å². The fraction of sp³-hybridized carbons (Fsp3) is 0.429. The average Bonchev–Trinajstić information content (AvgIpc) is 3.31. The number of carbonyl (C=O) groups excluding carboxylic acids is 1. The molecule has 2 aliphatic heterocycles. The quantitative estimate of drug-likeness (QED) is 0.537. The summed E-state index contributed by atoms with van der Waals surface area (Å²) in [5, 5.41) is 3.03. The molecule has 0 aliphatic carbocycles. The fourth-order valence-corrected chi connectivity index (χ4v) is 4.87. The van der Waals surface area contributed by atoms with E-state index in [2.05, 4.69) is 63.2 Å². The van der Waals surface area contributed by atoms with Gasteiger partial charge < -0.3 is 19.4 Å². The van der Waals surface area contributed by atoms with Crippen LogP contribution in [0.15, 0.2) is 60.8 Å². The zero-order valence-electron chi connectivity index (χ0n) is 20.4. The molecule has 1 N–H and O–H groups in total. The number of fused-ring (bicyclic) bond motifs is 1. The fourth-order valence-electron chi connectivity index (χ4n) is 4.87. The standard InChI is InChI=1S/C28H34N4O3/c1-31-19-27-30-25(17-32(27)18-26(31)23-7-3-2-4-8-23)28(33)29-13-10-21-6-5-9-24(16-21)35-20-22-11-14-34-15-12-22/h2-9,16-17,22,26H,10-15,18-20H2,1H3,(H,29,33). The van der Waals surface area contributed by atoms with Crippen molar-refractivity contribution < 1.29 is 14.3 Å². The van der Waals surface area contributed by atoms with Crippen molar-refractivity contribution in [2.75, 3.05) is 33.4 Å². The van der Waals surface area contributed by atoms with Crippen LogP contribution in [0, 0.1) is 5.92 Å². The lowest BCUT2D eigenvalue weighted by Crippen LogP contribution is -2.34. The van der Waals surface area contributed by atoms with Crippen LogP contribution in [0.2, 0.25) is 0 Å². The number of hydrogen-bond acceptors (Lipinski definition) is 5. The van der Waals surface area contributed by atoms with E-state index in [1.807, 2.05) is 24.4 Å². The molecule has 1 saturated heterocycles. The molecule has 0 bridgehead atoms. The molecule has 35 heavy (non-hydrogen) atoms. The summed E-state index contributed by atoms with van der Waals surface area (Å²) in [7, 11) is 2.11. The second kappa shape index (κ2) is 11.1. The van der Waals surface area contributed by atoms with Crippen molar-refractivity contribution in [3.8, 4) is 5.75 Å². The van der Waals surface area contributed by atoms with Crippen molar-refractivity contribution in [2.24, 2.45) is 5.92 Å². The maximum atomic E-state index is 12.8. The highest BCUT2D eigenvalue weighted by Crippen LogP contribution is 2.28. The summed E-state index contributed by atoms with van der Waals surface area (Å²) >= 11 is 0. The minimum absolute atomic E-state index is 0.127. The van der Waals surface area contributed by atoms with Gasteiger partial charge in [-0.15, -0.1) is 0 Å². The average molecular weight is 475 g/mol. The van der Waals surface area contributed by atoms with Gasteiger partial charge in [-0.2, -0.15) is 0 Å². The largest absolute Gasteiger partial charge is 0.493 e. The molecule has 0 saturated carbocycles.